The minimum Gasteiger partial charge on any atom is -0.367 e. The second-order valence-corrected chi connectivity index (χ2v) is 3.69. The number of alkyl halides is 3. The fourth-order valence-electron chi connectivity index (χ4n) is 1.28. The van der Waals surface area contributed by atoms with Crippen LogP contribution >= 0.6 is 0 Å². The molecule has 1 aromatic rings. The summed E-state index contributed by atoms with van der Waals surface area (Å²) in [5.74, 6) is 5.27. The smallest absolute Gasteiger partial charge is 0.367 e. The number of hydrogen-bond acceptors (Lipinski definition) is 4. The summed E-state index contributed by atoms with van der Waals surface area (Å²) >= 11 is 0. The number of hydrazine groups is 1. The van der Waals surface area contributed by atoms with Crippen molar-refractivity contribution in [3.8, 4) is 0 Å². The molecule has 1 aromatic heterocycles. The number of nitrogens with zero attached hydrogens (tertiary/aromatic N) is 1. The molecule has 16 heavy (non-hydrogen) atoms. The highest BCUT2D eigenvalue weighted by Crippen LogP contribution is 2.33. The van der Waals surface area contributed by atoms with Crippen molar-refractivity contribution in [3.05, 3.63) is 17.7 Å². The van der Waals surface area contributed by atoms with Gasteiger partial charge >= 0.3 is 6.18 Å². The van der Waals surface area contributed by atoms with Gasteiger partial charge in [0, 0.05) is 6.04 Å². The van der Waals surface area contributed by atoms with Gasteiger partial charge in [-0.1, -0.05) is 0 Å². The van der Waals surface area contributed by atoms with E-state index in [9.17, 15) is 13.2 Å². The average Bonchev–Trinajstić information content (AvgIpc) is 3.00. The number of halogens is 3. The Morgan fingerprint density at radius 2 is 1.88 bits per heavy atom. The molecule has 4 N–H and O–H groups in total. The number of hydrogen-bond donors (Lipinski definition) is 3. The fraction of sp³-hybridized carbons (Fsp3) is 0.444. The molecule has 0 atom stereocenters. The molecule has 0 aliphatic heterocycles. The Bertz CT molecular complexity index is 387. The van der Waals surface area contributed by atoms with Crippen LogP contribution in [-0.2, 0) is 6.18 Å². The van der Waals surface area contributed by atoms with Crippen molar-refractivity contribution in [1.82, 2.24) is 4.98 Å². The maximum Gasteiger partial charge on any atom is 0.416 e. The van der Waals surface area contributed by atoms with Crippen LogP contribution in [-0.4, -0.2) is 11.0 Å². The number of nitrogen functional groups attached to an aromatic ring is 1. The number of aromatic nitrogens is 1. The number of pyridine rings is 1. The Balaban J connectivity index is 2.29. The monoisotopic (exact) mass is 232 g/mol. The lowest BCUT2D eigenvalue weighted by molar-refractivity contribution is -0.137. The molecule has 0 spiro atoms. The summed E-state index contributed by atoms with van der Waals surface area (Å²) in [5, 5.41) is 2.90. The van der Waals surface area contributed by atoms with Crippen LogP contribution in [0.15, 0.2) is 12.1 Å². The Kier molecular flexibility index (Phi) is 2.63. The van der Waals surface area contributed by atoms with E-state index in [0.717, 1.165) is 25.0 Å². The van der Waals surface area contributed by atoms with E-state index in [1.807, 2.05) is 0 Å². The van der Waals surface area contributed by atoms with Crippen LogP contribution in [0.3, 0.4) is 0 Å². The molecule has 0 bridgehead atoms. The average molecular weight is 232 g/mol. The van der Waals surface area contributed by atoms with E-state index in [-0.39, 0.29) is 17.7 Å². The quantitative estimate of drug-likeness (QED) is 0.550. The van der Waals surface area contributed by atoms with Gasteiger partial charge in [-0.2, -0.15) is 13.2 Å². The summed E-state index contributed by atoms with van der Waals surface area (Å²) < 4.78 is 37.5. The van der Waals surface area contributed by atoms with Crippen molar-refractivity contribution in [2.75, 3.05) is 10.7 Å². The van der Waals surface area contributed by atoms with E-state index in [2.05, 4.69) is 15.7 Å². The van der Waals surface area contributed by atoms with Crippen LogP contribution in [0.1, 0.15) is 18.4 Å². The van der Waals surface area contributed by atoms with Gasteiger partial charge in [0.15, 0.2) is 0 Å². The summed E-state index contributed by atoms with van der Waals surface area (Å²) in [5.41, 5.74) is 1.36. The molecular weight excluding hydrogens is 221 g/mol. The van der Waals surface area contributed by atoms with Crippen molar-refractivity contribution in [1.29, 1.82) is 0 Å². The molecule has 0 aromatic carbocycles. The first-order valence-electron chi connectivity index (χ1n) is 4.81. The molecule has 1 aliphatic rings. The van der Waals surface area contributed by atoms with Crippen molar-refractivity contribution in [2.45, 2.75) is 25.1 Å². The largest absolute Gasteiger partial charge is 0.416 e. The molecule has 7 heteroatoms. The second kappa shape index (κ2) is 3.82. The van der Waals surface area contributed by atoms with Gasteiger partial charge in [0.05, 0.1) is 5.56 Å². The van der Waals surface area contributed by atoms with Crippen molar-refractivity contribution >= 4 is 11.6 Å². The zero-order valence-corrected chi connectivity index (χ0v) is 8.30. The van der Waals surface area contributed by atoms with Crippen molar-refractivity contribution < 1.29 is 13.2 Å². The first kappa shape index (κ1) is 11.0. The third-order valence-electron chi connectivity index (χ3n) is 2.23. The Hall–Kier alpha value is -1.50. The second-order valence-electron chi connectivity index (χ2n) is 3.69. The predicted octanol–water partition coefficient (Wildman–Crippen LogP) is 1.96. The Morgan fingerprint density at radius 1 is 1.25 bits per heavy atom. The summed E-state index contributed by atoms with van der Waals surface area (Å²) in [4.78, 5) is 3.90. The van der Waals surface area contributed by atoms with Crippen LogP contribution in [0.25, 0.3) is 0 Å². The molecule has 88 valence electrons. The minimum atomic E-state index is -4.39. The lowest BCUT2D eigenvalue weighted by atomic mass is 10.2. The van der Waals surface area contributed by atoms with Crippen LogP contribution < -0.4 is 16.6 Å². The van der Waals surface area contributed by atoms with Gasteiger partial charge in [0.2, 0.25) is 0 Å². The standard InChI is InChI=1S/C9H11F3N4/c10-9(11,12)5-3-7(14-6-1-2-6)15-8(4-5)16-13/h3-4,6H,1-2,13H2,(H2,14,15,16). The van der Waals surface area contributed by atoms with Crippen molar-refractivity contribution in [3.63, 3.8) is 0 Å². The molecule has 0 saturated heterocycles. The van der Waals surface area contributed by atoms with Crippen LogP contribution in [0.2, 0.25) is 0 Å². The highest BCUT2D eigenvalue weighted by atomic mass is 19.4. The maximum absolute atomic E-state index is 12.5. The minimum absolute atomic E-state index is 0.00187. The Labute approximate surface area is 90.0 Å². The first-order valence-corrected chi connectivity index (χ1v) is 4.81. The molecule has 2 rings (SSSR count). The molecule has 1 heterocycles. The number of nitrogens with one attached hydrogen (secondary N) is 2. The molecule has 0 amide bonds. The third-order valence-corrected chi connectivity index (χ3v) is 2.23. The Morgan fingerprint density at radius 3 is 2.38 bits per heavy atom. The van der Waals surface area contributed by atoms with Crippen LogP contribution in [0, 0.1) is 0 Å². The molecular formula is C9H11F3N4. The first-order chi connectivity index (χ1) is 7.49. The fourth-order valence-corrected chi connectivity index (χ4v) is 1.28. The number of nitrogens with two attached hydrogens (primary N) is 1. The van der Waals surface area contributed by atoms with Gasteiger partial charge in [0.1, 0.15) is 11.6 Å². The molecule has 0 radical (unpaired) electrons. The van der Waals surface area contributed by atoms with Crippen LogP contribution in [0.4, 0.5) is 24.8 Å². The highest BCUT2D eigenvalue weighted by Gasteiger charge is 2.32. The SMILES string of the molecule is NNc1cc(C(F)(F)F)cc(NC2CC2)n1. The molecule has 1 saturated carbocycles. The summed E-state index contributed by atoms with van der Waals surface area (Å²) in [6, 6.07) is 2.10. The topological polar surface area (TPSA) is 63.0 Å². The lowest BCUT2D eigenvalue weighted by Gasteiger charge is -2.11. The summed E-state index contributed by atoms with van der Waals surface area (Å²) in [6.45, 7) is 0. The summed E-state index contributed by atoms with van der Waals surface area (Å²) in [7, 11) is 0. The van der Waals surface area contributed by atoms with Gasteiger partial charge < -0.3 is 10.7 Å². The summed E-state index contributed by atoms with van der Waals surface area (Å²) in [6.07, 6.45) is -2.47. The predicted molar refractivity (Wildman–Crippen MR) is 53.7 cm³/mol. The van der Waals surface area contributed by atoms with E-state index in [1.54, 1.807) is 0 Å². The van der Waals surface area contributed by atoms with Gasteiger partial charge in [-0.15, -0.1) is 0 Å². The highest BCUT2D eigenvalue weighted by molar-refractivity contribution is 5.50. The number of rotatable bonds is 3. The third kappa shape index (κ3) is 2.54. The molecule has 0 unspecified atom stereocenters. The zero-order chi connectivity index (χ0) is 11.8. The molecule has 1 fully saturated rings. The van der Waals surface area contributed by atoms with E-state index in [1.165, 1.54) is 0 Å². The van der Waals surface area contributed by atoms with E-state index >= 15 is 0 Å². The van der Waals surface area contributed by atoms with Gasteiger partial charge in [-0.05, 0) is 25.0 Å². The maximum atomic E-state index is 12.5. The molecule has 4 nitrogen and oxygen atoms in total. The van der Waals surface area contributed by atoms with Gasteiger partial charge in [-0.3, -0.25) is 0 Å². The number of anilines is 2. The van der Waals surface area contributed by atoms with E-state index in [4.69, 9.17) is 5.84 Å². The van der Waals surface area contributed by atoms with E-state index in [0.29, 0.717) is 0 Å². The normalized spacial score (nSPS) is 16.0. The van der Waals surface area contributed by atoms with Gasteiger partial charge in [0.25, 0.3) is 0 Å². The van der Waals surface area contributed by atoms with Crippen molar-refractivity contribution in [2.24, 2.45) is 5.84 Å². The van der Waals surface area contributed by atoms with E-state index < -0.39 is 11.7 Å². The lowest BCUT2D eigenvalue weighted by Crippen LogP contribution is -2.14. The van der Waals surface area contributed by atoms with Gasteiger partial charge in [-0.25, -0.2) is 10.8 Å². The zero-order valence-electron chi connectivity index (χ0n) is 8.30. The molecule has 1 aliphatic carbocycles. The van der Waals surface area contributed by atoms with Crippen LogP contribution in [0.5, 0.6) is 0 Å².